The minimum absolute atomic E-state index is 0.843. The highest BCUT2D eigenvalue weighted by molar-refractivity contribution is 5.79. The molecule has 0 aromatic rings. The predicted octanol–water partition coefficient (Wildman–Crippen LogP) is 3.71. The van der Waals surface area contributed by atoms with Crippen LogP contribution in [0.15, 0.2) is 28.9 Å². The van der Waals surface area contributed by atoms with Gasteiger partial charge in [-0.05, 0) is 31.8 Å². The van der Waals surface area contributed by atoms with E-state index >= 15 is 0 Å². The summed E-state index contributed by atoms with van der Waals surface area (Å²) in [5, 5.41) is 3.38. The summed E-state index contributed by atoms with van der Waals surface area (Å²) < 4.78 is 0. The van der Waals surface area contributed by atoms with Gasteiger partial charge in [-0.15, -0.1) is 0 Å². The van der Waals surface area contributed by atoms with Gasteiger partial charge in [0.1, 0.15) is 0 Å². The highest BCUT2D eigenvalue weighted by Gasteiger charge is 2.05. The summed E-state index contributed by atoms with van der Waals surface area (Å²) in [6.45, 7) is 12.0. The summed E-state index contributed by atoms with van der Waals surface area (Å²) in [6.07, 6.45) is 8.73. The van der Waals surface area contributed by atoms with Crippen LogP contribution in [0.2, 0.25) is 0 Å². The van der Waals surface area contributed by atoms with Crippen LogP contribution in [0, 0.1) is 0 Å². The molecule has 0 amide bonds. The summed E-state index contributed by atoms with van der Waals surface area (Å²) in [5.41, 5.74) is 2.46. The van der Waals surface area contributed by atoms with Crippen molar-refractivity contribution in [2.24, 2.45) is 4.99 Å². The molecule has 2 nitrogen and oxygen atoms in total. The van der Waals surface area contributed by atoms with Crippen molar-refractivity contribution in [1.82, 2.24) is 5.32 Å². The second kappa shape index (κ2) is 10.5. The molecule has 1 rings (SSSR count). The molecule has 16 heavy (non-hydrogen) atoms. The molecular weight excluding hydrogens is 196 g/mol. The van der Waals surface area contributed by atoms with Crippen molar-refractivity contribution in [2.75, 3.05) is 13.1 Å². The summed E-state index contributed by atoms with van der Waals surface area (Å²) in [5.74, 6) is 0. The van der Waals surface area contributed by atoms with Gasteiger partial charge in [-0.2, -0.15) is 0 Å². The maximum atomic E-state index is 4.24. The van der Waals surface area contributed by atoms with E-state index in [2.05, 4.69) is 30.7 Å². The second-order valence-electron chi connectivity index (χ2n) is 3.86. The van der Waals surface area contributed by atoms with Gasteiger partial charge < -0.3 is 5.32 Å². The molecule has 0 aromatic heterocycles. The normalized spacial score (nSPS) is 16.2. The highest BCUT2D eigenvalue weighted by atomic mass is 14.9. The van der Waals surface area contributed by atoms with Crippen LogP contribution in [0.4, 0.5) is 0 Å². The van der Waals surface area contributed by atoms with Crippen LogP contribution in [0.1, 0.15) is 46.5 Å². The van der Waals surface area contributed by atoms with E-state index in [1.165, 1.54) is 24.8 Å². The molecule has 0 unspecified atom stereocenters. The Balaban J connectivity index is 0.000000673. The minimum atomic E-state index is 0.843. The van der Waals surface area contributed by atoms with Crippen molar-refractivity contribution in [3.8, 4) is 0 Å². The Bertz CT molecular complexity index is 239. The molecule has 1 aliphatic rings. The molecule has 0 saturated heterocycles. The van der Waals surface area contributed by atoms with Gasteiger partial charge in [0, 0.05) is 19.3 Å². The van der Waals surface area contributed by atoms with E-state index in [0.717, 1.165) is 25.2 Å². The van der Waals surface area contributed by atoms with Crippen molar-refractivity contribution in [2.45, 2.75) is 46.5 Å². The molecule has 0 aromatic carbocycles. The van der Waals surface area contributed by atoms with E-state index in [4.69, 9.17) is 0 Å². The van der Waals surface area contributed by atoms with Crippen LogP contribution in [0.5, 0.6) is 0 Å². The summed E-state index contributed by atoms with van der Waals surface area (Å²) in [4.78, 5) is 4.24. The van der Waals surface area contributed by atoms with Crippen LogP contribution in [0.25, 0.3) is 0 Å². The first-order chi connectivity index (χ1) is 7.79. The molecule has 0 fully saturated rings. The summed E-state index contributed by atoms with van der Waals surface area (Å²) in [7, 11) is 0. The predicted molar refractivity (Wildman–Crippen MR) is 74.1 cm³/mol. The van der Waals surface area contributed by atoms with Gasteiger partial charge in [0.05, 0.1) is 5.70 Å². The highest BCUT2D eigenvalue weighted by Crippen LogP contribution is 2.14. The molecule has 0 spiro atoms. The first-order valence-electron chi connectivity index (χ1n) is 6.39. The maximum Gasteiger partial charge on any atom is 0.0553 e. The zero-order chi connectivity index (χ0) is 12.2. The minimum Gasteiger partial charge on any atom is -0.384 e. The van der Waals surface area contributed by atoms with Gasteiger partial charge in [0.2, 0.25) is 0 Å². The van der Waals surface area contributed by atoms with E-state index < -0.39 is 0 Å². The largest absolute Gasteiger partial charge is 0.384 e. The average Bonchev–Trinajstić information content (AvgIpc) is 2.52. The van der Waals surface area contributed by atoms with Gasteiger partial charge in [-0.25, -0.2) is 0 Å². The van der Waals surface area contributed by atoms with Crippen LogP contribution >= 0.6 is 0 Å². The fourth-order valence-corrected chi connectivity index (χ4v) is 1.43. The first-order valence-corrected chi connectivity index (χ1v) is 6.39. The zero-order valence-electron chi connectivity index (χ0n) is 11.1. The average molecular weight is 222 g/mol. The summed E-state index contributed by atoms with van der Waals surface area (Å²) >= 11 is 0. The molecule has 1 N–H and O–H groups in total. The standard InChI is InChI=1S/C11H18N2.C3H8/c1-3-10-7-5-6-8-13-11(10)9-12-4-2;1-3-2/h3,9,13H,1,4-8H2,2H3;3H2,1-2H3. The van der Waals surface area contributed by atoms with E-state index in [1.807, 2.05) is 19.2 Å². The van der Waals surface area contributed by atoms with Crippen LogP contribution in [-0.2, 0) is 0 Å². The smallest absolute Gasteiger partial charge is 0.0553 e. The van der Waals surface area contributed by atoms with Crippen molar-refractivity contribution < 1.29 is 0 Å². The van der Waals surface area contributed by atoms with Gasteiger partial charge >= 0.3 is 0 Å². The lowest BCUT2D eigenvalue weighted by atomic mass is 10.1. The van der Waals surface area contributed by atoms with Gasteiger partial charge in [-0.1, -0.05) is 32.9 Å². The third-order valence-corrected chi connectivity index (χ3v) is 2.18. The van der Waals surface area contributed by atoms with E-state index in [1.54, 1.807) is 0 Å². The van der Waals surface area contributed by atoms with E-state index in [9.17, 15) is 0 Å². The third kappa shape index (κ3) is 6.44. The van der Waals surface area contributed by atoms with Gasteiger partial charge in [0.25, 0.3) is 0 Å². The van der Waals surface area contributed by atoms with Crippen LogP contribution in [0.3, 0.4) is 0 Å². The van der Waals surface area contributed by atoms with Crippen LogP contribution in [-0.4, -0.2) is 19.3 Å². The lowest BCUT2D eigenvalue weighted by Crippen LogP contribution is -2.15. The molecule has 0 saturated carbocycles. The van der Waals surface area contributed by atoms with Crippen LogP contribution < -0.4 is 5.32 Å². The monoisotopic (exact) mass is 222 g/mol. The van der Waals surface area contributed by atoms with Crippen molar-refractivity contribution in [1.29, 1.82) is 0 Å². The van der Waals surface area contributed by atoms with Crippen molar-refractivity contribution in [3.05, 3.63) is 23.9 Å². The van der Waals surface area contributed by atoms with Crippen molar-refractivity contribution in [3.63, 3.8) is 0 Å². The second-order valence-corrected chi connectivity index (χ2v) is 3.86. The third-order valence-electron chi connectivity index (χ3n) is 2.18. The molecular formula is C14H26N2. The fourth-order valence-electron chi connectivity index (χ4n) is 1.43. The summed E-state index contributed by atoms with van der Waals surface area (Å²) in [6, 6.07) is 0. The van der Waals surface area contributed by atoms with E-state index in [0.29, 0.717) is 0 Å². The molecule has 0 radical (unpaired) electrons. The lowest BCUT2D eigenvalue weighted by molar-refractivity contribution is 0.723. The fraction of sp³-hybridized carbons (Fsp3) is 0.643. The Morgan fingerprint density at radius 3 is 2.56 bits per heavy atom. The molecule has 2 heteroatoms. The Morgan fingerprint density at radius 1 is 1.31 bits per heavy atom. The molecule has 0 aliphatic carbocycles. The first kappa shape index (κ1) is 14.9. The Labute approximate surface area is 101 Å². The number of aliphatic imine (C=N–C) groups is 1. The number of nitrogens with one attached hydrogen (secondary N) is 1. The van der Waals surface area contributed by atoms with Crippen molar-refractivity contribution >= 4 is 6.21 Å². The lowest BCUT2D eigenvalue weighted by Gasteiger charge is -2.05. The number of rotatable bonds is 3. The van der Waals surface area contributed by atoms with E-state index in [-0.39, 0.29) is 0 Å². The Kier molecular flexibility index (Phi) is 9.78. The van der Waals surface area contributed by atoms with Gasteiger partial charge in [0.15, 0.2) is 0 Å². The molecule has 1 heterocycles. The van der Waals surface area contributed by atoms with Gasteiger partial charge in [-0.3, -0.25) is 4.99 Å². The number of hydrogen-bond acceptors (Lipinski definition) is 2. The number of nitrogens with zero attached hydrogens (tertiary/aromatic N) is 1. The molecule has 1 aliphatic heterocycles. The zero-order valence-corrected chi connectivity index (χ0v) is 11.1. The SMILES string of the molecule is C=CC1=C(C=NCC)NCCCC1.CCC. The molecule has 92 valence electrons. The number of allylic oxidation sites excluding steroid dienone is 3. The molecule has 0 atom stereocenters. The number of hydrogen-bond donors (Lipinski definition) is 1. The Hall–Kier alpha value is -1.05. The quantitative estimate of drug-likeness (QED) is 0.723. The Morgan fingerprint density at radius 2 is 2.00 bits per heavy atom. The molecule has 0 bridgehead atoms. The maximum absolute atomic E-state index is 4.24. The topological polar surface area (TPSA) is 24.4 Å².